The number of hydrogen-bond acceptors (Lipinski definition) is 2. The van der Waals surface area contributed by atoms with Gasteiger partial charge in [-0.3, -0.25) is 5.10 Å². The normalized spacial score (nSPS) is 10.7. The Hall–Kier alpha value is -1.03. The van der Waals surface area contributed by atoms with E-state index in [1.807, 2.05) is 19.2 Å². The number of H-pyrrole nitrogens is 1. The molecule has 2 N–H and O–H groups in total. The van der Waals surface area contributed by atoms with Crippen LogP contribution in [-0.4, -0.2) is 17.2 Å². The van der Waals surface area contributed by atoms with Crippen molar-refractivity contribution >= 4 is 23.2 Å². The summed E-state index contributed by atoms with van der Waals surface area (Å²) in [7, 11) is 1.89. The third-order valence-electron chi connectivity index (χ3n) is 2.30. The van der Waals surface area contributed by atoms with E-state index >= 15 is 0 Å². The molecule has 3 nitrogen and oxygen atoms in total. The van der Waals surface area contributed by atoms with Gasteiger partial charge in [0.05, 0.1) is 21.9 Å². The smallest absolute Gasteiger partial charge is 0.0598 e. The fourth-order valence-corrected chi connectivity index (χ4v) is 1.83. The van der Waals surface area contributed by atoms with Crippen LogP contribution in [0.2, 0.25) is 10.0 Å². The zero-order valence-electron chi connectivity index (χ0n) is 8.72. The predicted octanol–water partition coefficient (Wildman–Crippen LogP) is 3.10. The van der Waals surface area contributed by atoms with Crippen molar-refractivity contribution in [1.29, 1.82) is 0 Å². The summed E-state index contributed by atoms with van der Waals surface area (Å²) in [6, 6.07) is 5.56. The number of rotatable bonds is 3. The van der Waals surface area contributed by atoms with Gasteiger partial charge in [0.1, 0.15) is 0 Å². The van der Waals surface area contributed by atoms with Gasteiger partial charge in [0.15, 0.2) is 0 Å². The summed E-state index contributed by atoms with van der Waals surface area (Å²) in [4.78, 5) is 0. The zero-order valence-corrected chi connectivity index (χ0v) is 10.2. The molecular weight excluding hydrogens is 245 g/mol. The number of hydrogen-bond donors (Lipinski definition) is 2. The number of benzene rings is 1. The number of halogens is 2. The molecule has 5 heteroatoms. The third-order valence-corrected chi connectivity index (χ3v) is 3.04. The first kappa shape index (κ1) is 11.5. The topological polar surface area (TPSA) is 40.7 Å². The van der Waals surface area contributed by atoms with Gasteiger partial charge in [0, 0.05) is 12.1 Å². The quantitative estimate of drug-likeness (QED) is 0.885. The fourth-order valence-electron chi connectivity index (χ4n) is 1.54. The van der Waals surface area contributed by atoms with Gasteiger partial charge in [-0.15, -0.1) is 0 Å². The summed E-state index contributed by atoms with van der Waals surface area (Å²) >= 11 is 11.9. The molecule has 0 unspecified atom stereocenters. The minimum Gasteiger partial charge on any atom is -0.314 e. The van der Waals surface area contributed by atoms with Crippen molar-refractivity contribution in [3.05, 3.63) is 40.1 Å². The van der Waals surface area contributed by atoms with E-state index in [1.54, 1.807) is 12.3 Å². The maximum absolute atomic E-state index is 5.98. The standard InChI is InChI=1S/C11H11Cl2N3/c1-14-6-11-8(5-15-16-11)7-2-3-9(12)10(13)4-7/h2-5,14H,6H2,1H3,(H,15,16). The highest BCUT2D eigenvalue weighted by molar-refractivity contribution is 6.42. The van der Waals surface area contributed by atoms with Crippen molar-refractivity contribution in [2.45, 2.75) is 6.54 Å². The maximum atomic E-state index is 5.98. The summed E-state index contributed by atoms with van der Waals surface area (Å²) in [6.07, 6.45) is 1.78. The molecule has 0 aliphatic carbocycles. The van der Waals surface area contributed by atoms with Gasteiger partial charge in [-0.1, -0.05) is 29.3 Å². The van der Waals surface area contributed by atoms with Gasteiger partial charge in [0.25, 0.3) is 0 Å². The highest BCUT2D eigenvalue weighted by Crippen LogP contribution is 2.29. The van der Waals surface area contributed by atoms with E-state index < -0.39 is 0 Å². The van der Waals surface area contributed by atoms with Gasteiger partial charge in [0.2, 0.25) is 0 Å². The van der Waals surface area contributed by atoms with Crippen LogP contribution in [0.5, 0.6) is 0 Å². The SMILES string of the molecule is CNCc1[nH]ncc1-c1ccc(Cl)c(Cl)c1. The average molecular weight is 256 g/mol. The minimum atomic E-state index is 0.552. The molecule has 0 aliphatic heterocycles. The largest absolute Gasteiger partial charge is 0.314 e. The number of aromatic nitrogens is 2. The second kappa shape index (κ2) is 4.87. The van der Waals surface area contributed by atoms with Gasteiger partial charge in [-0.2, -0.15) is 5.10 Å². The first-order valence-electron chi connectivity index (χ1n) is 4.84. The summed E-state index contributed by atoms with van der Waals surface area (Å²) in [6.45, 7) is 0.732. The van der Waals surface area contributed by atoms with E-state index in [0.717, 1.165) is 23.4 Å². The van der Waals surface area contributed by atoms with E-state index in [1.165, 1.54) is 0 Å². The number of aromatic amines is 1. The van der Waals surface area contributed by atoms with Crippen molar-refractivity contribution in [2.24, 2.45) is 0 Å². The lowest BCUT2D eigenvalue weighted by Crippen LogP contribution is -2.06. The van der Waals surface area contributed by atoms with Gasteiger partial charge < -0.3 is 5.32 Å². The summed E-state index contributed by atoms with van der Waals surface area (Å²) in [5.41, 5.74) is 3.07. The van der Waals surface area contributed by atoms with Crippen molar-refractivity contribution in [2.75, 3.05) is 7.05 Å². The van der Waals surface area contributed by atoms with Crippen LogP contribution in [0.25, 0.3) is 11.1 Å². The molecule has 2 aromatic rings. The molecule has 1 aromatic carbocycles. The molecule has 2 rings (SSSR count). The second-order valence-corrected chi connectivity index (χ2v) is 4.24. The molecule has 1 aromatic heterocycles. The lowest BCUT2D eigenvalue weighted by molar-refractivity contribution is 0.785. The maximum Gasteiger partial charge on any atom is 0.0598 e. The Morgan fingerprint density at radius 3 is 2.81 bits per heavy atom. The minimum absolute atomic E-state index is 0.552. The Morgan fingerprint density at radius 1 is 1.31 bits per heavy atom. The highest BCUT2D eigenvalue weighted by atomic mass is 35.5. The first-order chi connectivity index (χ1) is 7.72. The Kier molecular flexibility index (Phi) is 3.49. The molecule has 0 saturated carbocycles. The van der Waals surface area contributed by atoms with Gasteiger partial charge in [-0.25, -0.2) is 0 Å². The van der Waals surface area contributed by atoms with Crippen LogP contribution in [0.3, 0.4) is 0 Å². The van der Waals surface area contributed by atoms with E-state index in [2.05, 4.69) is 15.5 Å². The van der Waals surface area contributed by atoms with Crippen LogP contribution in [0.4, 0.5) is 0 Å². The zero-order chi connectivity index (χ0) is 11.5. The van der Waals surface area contributed by atoms with Gasteiger partial charge in [-0.05, 0) is 24.7 Å². The summed E-state index contributed by atoms with van der Waals surface area (Å²) in [5, 5.41) is 11.2. The lowest BCUT2D eigenvalue weighted by Gasteiger charge is -2.04. The van der Waals surface area contributed by atoms with E-state index in [-0.39, 0.29) is 0 Å². The van der Waals surface area contributed by atoms with E-state index in [0.29, 0.717) is 10.0 Å². The fraction of sp³-hybridized carbons (Fsp3) is 0.182. The molecule has 0 atom stereocenters. The van der Waals surface area contributed by atoms with Crippen LogP contribution in [0.15, 0.2) is 24.4 Å². The van der Waals surface area contributed by atoms with Crippen molar-refractivity contribution < 1.29 is 0 Å². The summed E-state index contributed by atoms with van der Waals surface area (Å²) in [5.74, 6) is 0. The first-order valence-corrected chi connectivity index (χ1v) is 5.60. The lowest BCUT2D eigenvalue weighted by atomic mass is 10.1. The highest BCUT2D eigenvalue weighted by Gasteiger charge is 2.08. The molecule has 84 valence electrons. The van der Waals surface area contributed by atoms with Crippen molar-refractivity contribution in [3.63, 3.8) is 0 Å². The molecule has 1 heterocycles. The van der Waals surface area contributed by atoms with Crippen LogP contribution in [0, 0.1) is 0 Å². The Morgan fingerprint density at radius 2 is 2.12 bits per heavy atom. The molecule has 0 saturated heterocycles. The molecule has 0 spiro atoms. The van der Waals surface area contributed by atoms with E-state index in [4.69, 9.17) is 23.2 Å². The monoisotopic (exact) mass is 255 g/mol. The Balaban J connectivity index is 2.42. The molecule has 0 aliphatic rings. The predicted molar refractivity (Wildman–Crippen MR) is 66.8 cm³/mol. The molecule has 16 heavy (non-hydrogen) atoms. The molecule has 0 amide bonds. The van der Waals surface area contributed by atoms with Crippen LogP contribution in [-0.2, 0) is 6.54 Å². The molecule has 0 radical (unpaired) electrons. The van der Waals surface area contributed by atoms with Crippen molar-refractivity contribution in [3.8, 4) is 11.1 Å². The molecular formula is C11H11Cl2N3. The molecule has 0 fully saturated rings. The van der Waals surface area contributed by atoms with E-state index in [9.17, 15) is 0 Å². The van der Waals surface area contributed by atoms with Crippen LogP contribution >= 0.6 is 23.2 Å². The number of nitrogens with zero attached hydrogens (tertiary/aromatic N) is 1. The van der Waals surface area contributed by atoms with Crippen LogP contribution < -0.4 is 5.32 Å². The number of nitrogens with one attached hydrogen (secondary N) is 2. The average Bonchev–Trinajstić information content (AvgIpc) is 2.71. The Bertz CT molecular complexity index is 494. The Labute approximate surface area is 104 Å². The third kappa shape index (κ3) is 2.21. The van der Waals surface area contributed by atoms with Gasteiger partial charge >= 0.3 is 0 Å². The second-order valence-electron chi connectivity index (χ2n) is 3.42. The van der Waals surface area contributed by atoms with Crippen LogP contribution in [0.1, 0.15) is 5.69 Å². The molecule has 0 bridgehead atoms. The van der Waals surface area contributed by atoms with Crippen molar-refractivity contribution in [1.82, 2.24) is 15.5 Å². The summed E-state index contributed by atoms with van der Waals surface area (Å²) < 4.78 is 0.